The van der Waals surface area contributed by atoms with Crippen LogP contribution in [0.25, 0.3) is 0 Å². The van der Waals surface area contributed by atoms with Crippen molar-refractivity contribution in [3.8, 4) is 11.5 Å². The van der Waals surface area contributed by atoms with Gasteiger partial charge in [-0.15, -0.1) is 11.8 Å². The maximum atomic E-state index is 14.1. The van der Waals surface area contributed by atoms with Gasteiger partial charge in [0.2, 0.25) is 11.8 Å². The van der Waals surface area contributed by atoms with Gasteiger partial charge in [0, 0.05) is 33.9 Å². The van der Waals surface area contributed by atoms with Crippen LogP contribution in [-0.2, 0) is 14.4 Å². The third-order valence-corrected chi connectivity index (χ3v) is 13.6. The predicted octanol–water partition coefficient (Wildman–Crippen LogP) is 6.75. The molecule has 2 bridgehead atoms. The van der Waals surface area contributed by atoms with Crippen LogP contribution < -0.4 is 24.6 Å². The van der Waals surface area contributed by atoms with Crippen molar-refractivity contribution >= 4 is 81.1 Å². The molecule has 2 aliphatic heterocycles. The Labute approximate surface area is 308 Å². The fraction of sp³-hybridized carbons (Fsp3) is 0.314. The first kappa shape index (κ1) is 33.8. The summed E-state index contributed by atoms with van der Waals surface area (Å²) in [5.41, 5.74) is 1.53. The lowest BCUT2D eigenvalue weighted by Gasteiger charge is -2.43. The van der Waals surface area contributed by atoms with Crippen LogP contribution in [0.4, 0.5) is 17.1 Å². The summed E-state index contributed by atoms with van der Waals surface area (Å²) < 4.78 is 11.9. The molecule has 8 rings (SSSR count). The maximum Gasteiger partial charge on any atom is 0.305 e. The van der Waals surface area contributed by atoms with E-state index in [1.54, 1.807) is 36.0 Å². The van der Waals surface area contributed by atoms with Crippen molar-refractivity contribution in [2.24, 2.45) is 29.6 Å². The van der Waals surface area contributed by atoms with E-state index in [1.807, 2.05) is 19.1 Å². The summed E-state index contributed by atoms with van der Waals surface area (Å²) in [6.07, 6.45) is 0.701. The second-order valence-electron chi connectivity index (χ2n) is 12.9. The zero-order chi connectivity index (χ0) is 35.7. The largest absolute Gasteiger partial charge is 0.490 e. The number of nitrogens with one attached hydrogen (secondary N) is 2. The average Bonchev–Trinajstić information content (AvgIpc) is 3.84. The molecule has 2 saturated carbocycles. The monoisotopic (exact) mass is 766 g/mol. The molecule has 4 aromatic rings. The van der Waals surface area contributed by atoms with Gasteiger partial charge < -0.3 is 19.8 Å². The number of aromatic nitrogens is 1. The molecule has 7 atom stereocenters. The number of ether oxygens (including phenoxy) is 2. The number of nitrogens with zero attached hydrogens (tertiary/aromatic N) is 2. The van der Waals surface area contributed by atoms with Crippen LogP contribution in [0.3, 0.4) is 0 Å². The van der Waals surface area contributed by atoms with Gasteiger partial charge in [-0.25, -0.2) is 0 Å². The molecule has 0 radical (unpaired) electrons. The van der Waals surface area contributed by atoms with E-state index < -0.39 is 22.7 Å². The number of imide groups is 1. The molecule has 262 valence electrons. The molecule has 3 amide bonds. The molecule has 3 heterocycles. The quantitative estimate of drug-likeness (QED) is 0.107. The number of nitro benzene ring substituents is 1. The Morgan fingerprint density at radius 1 is 0.980 bits per heavy atom. The summed E-state index contributed by atoms with van der Waals surface area (Å²) in [6.45, 7) is 1.86. The number of thiazole rings is 1. The summed E-state index contributed by atoms with van der Waals surface area (Å²) in [5.74, 6) is -1.82. The minimum atomic E-state index is -0.540. The normalized spacial score (nSPS) is 25.7. The smallest absolute Gasteiger partial charge is 0.305 e. The molecular formula is C35H28Cl2N4O8S2. The number of non-ortho nitro benzene ring substituents is 1. The highest BCUT2D eigenvalue weighted by Gasteiger charge is 2.69. The third-order valence-electron chi connectivity index (χ3n) is 10.2. The maximum absolute atomic E-state index is 14.1. The Bertz CT molecular complexity index is 2180. The van der Waals surface area contributed by atoms with Crippen LogP contribution in [0.5, 0.6) is 11.5 Å². The van der Waals surface area contributed by atoms with Gasteiger partial charge in [0.1, 0.15) is 0 Å². The molecule has 3 aromatic carbocycles. The van der Waals surface area contributed by atoms with Crippen LogP contribution in [0, 0.1) is 39.7 Å². The van der Waals surface area contributed by atoms with Crippen molar-refractivity contribution < 1.29 is 28.8 Å². The zero-order valence-corrected chi connectivity index (χ0v) is 29.8. The van der Waals surface area contributed by atoms with Crippen molar-refractivity contribution in [3.05, 3.63) is 101 Å². The van der Waals surface area contributed by atoms with Gasteiger partial charge in [-0.3, -0.25) is 34.2 Å². The highest BCUT2D eigenvalue weighted by molar-refractivity contribution is 8.00. The topological polar surface area (TPSA) is 161 Å². The first-order valence-electron chi connectivity index (χ1n) is 16.2. The molecule has 16 heteroatoms. The molecule has 2 N–H and O–H groups in total. The van der Waals surface area contributed by atoms with E-state index in [-0.39, 0.29) is 57.9 Å². The van der Waals surface area contributed by atoms with E-state index in [2.05, 4.69) is 10.3 Å². The number of fused-ring (bicyclic) bond motifs is 9. The number of rotatable bonds is 9. The van der Waals surface area contributed by atoms with Gasteiger partial charge in [0.25, 0.3) is 11.6 Å². The number of carbonyl (C=O) groups is 3. The van der Waals surface area contributed by atoms with Gasteiger partial charge in [0.05, 0.1) is 44.1 Å². The number of thioether (sulfide) groups is 1. The number of halogens is 2. The zero-order valence-electron chi connectivity index (χ0n) is 26.7. The molecule has 0 spiro atoms. The molecule has 4 unspecified atom stereocenters. The van der Waals surface area contributed by atoms with Crippen molar-refractivity contribution in [2.45, 2.75) is 29.5 Å². The van der Waals surface area contributed by atoms with E-state index in [0.29, 0.717) is 45.9 Å². The molecule has 1 saturated heterocycles. The first-order valence-corrected chi connectivity index (χ1v) is 18.7. The Morgan fingerprint density at radius 2 is 1.73 bits per heavy atom. The number of benzene rings is 3. The van der Waals surface area contributed by atoms with Crippen LogP contribution in [0.1, 0.15) is 29.7 Å². The number of anilines is 2. The second-order valence-corrected chi connectivity index (χ2v) is 15.9. The van der Waals surface area contributed by atoms with Crippen LogP contribution in [0.15, 0.2) is 70.5 Å². The van der Waals surface area contributed by atoms with Crippen LogP contribution in [-0.4, -0.2) is 46.1 Å². The molecule has 1 aromatic heterocycles. The van der Waals surface area contributed by atoms with Gasteiger partial charge in [-0.05, 0) is 79.1 Å². The molecule has 4 aliphatic rings. The van der Waals surface area contributed by atoms with E-state index in [9.17, 15) is 29.3 Å². The fourth-order valence-electron chi connectivity index (χ4n) is 8.39. The van der Waals surface area contributed by atoms with Gasteiger partial charge in [0.15, 0.2) is 18.1 Å². The number of nitro groups is 1. The summed E-state index contributed by atoms with van der Waals surface area (Å²) >= 11 is 14.8. The molecule has 12 nitrogen and oxygen atoms in total. The second kappa shape index (κ2) is 13.0. The summed E-state index contributed by atoms with van der Waals surface area (Å²) in [5, 5.41) is 15.3. The van der Waals surface area contributed by atoms with E-state index in [0.717, 1.165) is 26.8 Å². The number of carbonyl (C=O) groups excluding carboxylic acids is 3. The van der Waals surface area contributed by atoms with E-state index in [1.165, 1.54) is 29.2 Å². The number of hydrogen-bond acceptors (Lipinski definition) is 10. The Kier molecular flexibility index (Phi) is 8.60. The third kappa shape index (κ3) is 5.68. The minimum Gasteiger partial charge on any atom is -0.490 e. The van der Waals surface area contributed by atoms with Crippen LogP contribution in [0.2, 0.25) is 10.0 Å². The van der Waals surface area contributed by atoms with Crippen molar-refractivity contribution in [3.63, 3.8) is 0 Å². The van der Waals surface area contributed by atoms with Crippen LogP contribution >= 0.6 is 46.3 Å². The number of H-pyrrole nitrogens is 1. The van der Waals surface area contributed by atoms with Gasteiger partial charge in [-0.2, -0.15) is 0 Å². The SMILES string of the molecule is CCOc1cc([C@H]2c3sc(=O)[nH]c3SC3C2[C@H]2C[C@@H]3C3C(=O)N(c4ccc([N+](=O)[O-])cc4)C(=O)C32)ccc1OCC(=O)Nc1ccc(Cl)c(Cl)c1. The molecule has 2 aliphatic carbocycles. The van der Waals surface area contributed by atoms with Crippen molar-refractivity contribution in [2.75, 3.05) is 23.4 Å². The van der Waals surface area contributed by atoms with Gasteiger partial charge >= 0.3 is 4.87 Å². The molecule has 3 fully saturated rings. The minimum absolute atomic E-state index is 0.0379. The first-order chi connectivity index (χ1) is 24.5. The Morgan fingerprint density at radius 3 is 2.43 bits per heavy atom. The summed E-state index contributed by atoms with van der Waals surface area (Å²) in [7, 11) is 0. The van der Waals surface area contributed by atoms with Crippen molar-refractivity contribution in [1.29, 1.82) is 0 Å². The Hall–Kier alpha value is -4.37. The summed E-state index contributed by atoms with van der Waals surface area (Å²) in [4.78, 5) is 69.0. The van der Waals surface area contributed by atoms with E-state index >= 15 is 0 Å². The van der Waals surface area contributed by atoms with Gasteiger partial charge in [-0.1, -0.05) is 40.6 Å². The lowest BCUT2D eigenvalue weighted by molar-refractivity contribution is -0.384. The molecule has 51 heavy (non-hydrogen) atoms. The fourth-order valence-corrected chi connectivity index (χ4v) is 11.6. The number of hydrogen-bond donors (Lipinski definition) is 2. The lowest BCUT2D eigenvalue weighted by atomic mass is 9.68. The predicted molar refractivity (Wildman–Crippen MR) is 192 cm³/mol. The van der Waals surface area contributed by atoms with Crippen molar-refractivity contribution in [1.82, 2.24) is 4.98 Å². The Balaban J connectivity index is 1.08. The lowest BCUT2D eigenvalue weighted by Crippen LogP contribution is -2.42. The number of amides is 3. The number of aromatic amines is 1. The van der Waals surface area contributed by atoms with E-state index in [4.69, 9.17) is 32.7 Å². The standard InChI is InChI=1S/C35H28Cl2N4O8S2/c1-2-48-24-11-15(3-10-23(24)49-14-25(42)38-16-4-9-21(36)22(37)12-16)26-27-19-13-20(30(27)50-32-31(26)51-35(45)39-32)29-28(19)33(43)40(34(29)44)17-5-7-18(8-6-17)41(46)47/h3-12,19-20,26-30H,2,13-14H2,1H3,(H,38,42)(H,39,45)/t19-,20-,26-,27?,28?,29?,30?/m1/s1. The highest BCUT2D eigenvalue weighted by Crippen LogP contribution is 2.69. The molecular weight excluding hydrogens is 739 g/mol. The average molecular weight is 768 g/mol. The summed E-state index contributed by atoms with van der Waals surface area (Å²) in [6, 6.07) is 15.7. The highest BCUT2D eigenvalue weighted by atomic mass is 35.5.